The van der Waals surface area contributed by atoms with E-state index in [1.807, 2.05) is 0 Å². The fourth-order valence-corrected chi connectivity index (χ4v) is 2.76. The molecule has 0 bridgehead atoms. The van der Waals surface area contributed by atoms with E-state index in [2.05, 4.69) is 10.3 Å². The highest BCUT2D eigenvalue weighted by Gasteiger charge is 2.18. The van der Waals surface area contributed by atoms with Crippen LogP contribution in [0.2, 0.25) is 5.02 Å². The third kappa shape index (κ3) is 2.81. The van der Waals surface area contributed by atoms with Crippen LogP contribution in [-0.4, -0.2) is 16.7 Å². The van der Waals surface area contributed by atoms with Crippen molar-refractivity contribution in [3.05, 3.63) is 46.1 Å². The molecule has 2 heterocycles. The van der Waals surface area contributed by atoms with Crippen molar-refractivity contribution in [2.45, 2.75) is 6.92 Å². The Hall–Kier alpha value is -2.18. The molecule has 1 aromatic carbocycles. The number of anilines is 1. The van der Waals surface area contributed by atoms with Gasteiger partial charge in [0.25, 0.3) is 0 Å². The second kappa shape index (κ2) is 5.31. The second-order valence-corrected chi connectivity index (χ2v) is 5.64. The van der Waals surface area contributed by atoms with Gasteiger partial charge in [0.1, 0.15) is 11.3 Å². The molecular formula is C14H9ClN2O3S. The minimum atomic E-state index is -0.338. The third-order valence-corrected chi connectivity index (χ3v) is 3.71. The smallest absolute Gasteiger partial charge is 0.247 e. The summed E-state index contributed by atoms with van der Waals surface area (Å²) in [5, 5.41) is 5.82. The number of hydrogen-bond acceptors (Lipinski definition) is 5. The molecule has 0 unspecified atom stereocenters. The number of halogens is 1. The molecule has 0 atom stereocenters. The number of carbonyl (C=O) groups is 2. The topological polar surface area (TPSA) is 72.2 Å². The van der Waals surface area contributed by atoms with Gasteiger partial charge in [-0.1, -0.05) is 11.6 Å². The summed E-state index contributed by atoms with van der Waals surface area (Å²) >= 11 is 7.08. The largest absolute Gasteiger partial charge is 0.453 e. The van der Waals surface area contributed by atoms with Gasteiger partial charge in [-0.2, -0.15) is 0 Å². The van der Waals surface area contributed by atoms with Crippen LogP contribution < -0.4 is 5.32 Å². The van der Waals surface area contributed by atoms with E-state index in [0.717, 1.165) is 5.39 Å². The van der Waals surface area contributed by atoms with Crippen LogP contribution in [0.4, 0.5) is 5.13 Å². The van der Waals surface area contributed by atoms with Gasteiger partial charge in [0.2, 0.25) is 11.7 Å². The molecule has 7 heteroatoms. The maximum absolute atomic E-state index is 12.3. The standard InChI is InChI=1S/C14H9ClN2O3S/c1-7(18)16-14-17-10(6-21-14)13(19)12-5-8-4-9(15)2-3-11(8)20-12/h2-6H,1H3,(H,16,17,18). The summed E-state index contributed by atoms with van der Waals surface area (Å²) in [6.45, 7) is 1.38. The lowest BCUT2D eigenvalue weighted by Gasteiger charge is -1.93. The summed E-state index contributed by atoms with van der Waals surface area (Å²) in [6, 6.07) is 6.75. The van der Waals surface area contributed by atoms with Crippen molar-refractivity contribution in [2.24, 2.45) is 0 Å². The first-order valence-corrected chi connectivity index (χ1v) is 7.25. The Bertz CT molecular complexity index is 853. The number of carbonyl (C=O) groups excluding carboxylic acids is 2. The van der Waals surface area contributed by atoms with Crippen LogP contribution in [0.25, 0.3) is 11.0 Å². The first-order valence-electron chi connectivity index (χ1n) is 6.00. The van der Waals surface area contributed by atoms with Crippen molar-refractivity contribution in [3.8, 4) is 0 Å². The van der Waals surface area contributed by atoms with Crippen molar-refractivity contribution in [2.75, 3.05) is 5.32 Å². The quantitative estimate of drug-likeness (QED) is 0.746. The van der Waals surface area contributed by atoms with Gasteiger partial charge in [0.05, 0.1) is 0 Å². The molecule has 5 nitrogen and oxygen atoms in total. The highest BCUT2D eigenvalue weighted by molar-refractivity contribution is 7.14. The van der Waals surface area contributed by atoms with Crippen LogP contribution in [-0.2, 0) is 4.79 Å². The molecule has 0 spiro atoms. The van der Waals surface area contributed by atoms with Gasteiger partial charge in [-0.3, -0.25) is 9.59 Å². The minimum absolute atomic E-state index is 0.187. The summed E-state index contributed by atoms with van der Waals surface area (Å²) in [4.78, 5) is 27.3. The van der Waals surface area contributed by atoms with Gasteiger partial charge < -0.3 is 9.73 Å². The average Bonchev–Trinajstić information content (AvgIpc) is 3.03. The van der Waals surface area contributed by atoms with Crippen molar-refractivity contribution in [3.63, 3.8) is 0 Å². The van der Waals surface area contributed by atoms with Gasteiger partial charge in [-0.05, 0) is 24.3 Å². The van der Waals surface area contributed by atoms with Gasteiger partial charge in [-0.25, -0.2) is 4.98 Å². The molecule has 1 N–H and O–H groups in total. The van der Waals surface area contributed by atoms with E-state index >= 15 is 0 Å². The predicted molar refractivity (Wildman–Crippen MR) is 81.1 cm³/mol. The SMILES string of the molecule is CC(=O)Nc1nc(C(=O)c2cc3cc(Cl)ccc3o2)cs1. The number of hydrogen-bond donors (Lipinski definition) is 1. The lowest BCUT2D eigenvalue weighted by Crippen LogP contribution is -2.06. The minimum Gasteiger partial charge on any atom is -0.453 e. The van der Waals surface area contributed by atoms with Crippen molar-refractivity contribution >= 4 is 50.7 Å². The Morgan fingerprint density at radius 3 is 2.90 bits per heavy atom. The maximum Gasteiger partial charge on any atom is 0.247 e. The molecule has 0 radical (unpaired) electrons. The summed E-state index contributed by atoms with van der Waals surface area (Å²) < 4.78 is 5.50. The summed E-state index contributed by atoms with van der Waals surface area (Å²) in [7, 11) is 0. The average molecular weight is 321 g/mol. The monoisotopic (exact) mass is 320 g/mol. The maximum atomic E-state index is 12.3. The molecule has 106 valence electrons. The van der Waals surface area contributed by atoms with Crippen molar-refractivity contribution in [1.29, 1.82) is 0 Å². The lowest BCUT2D eigenvalue weighted by atomic mass is 10.2. The number of aromatic nitrogens is 1. The Morgan fingerprint density at radius 1 is 1.33 bits per heavy atom. The summed E-state index contributed by atoms with van der Waals surface area (Å²) in [5.74, 6) is -0.385. The number of rotatable bonds is 3. The molecule has 3 rings (SSSR count). The first kappa shape index (κ1) is 13.8. The number of furan rings is 1. The summed E-state index contributed by atoms with van der Waals surface area (Å²) in [6.07, 6.45) is 0. The predicted octanol–water partition coefficient (Wildman–Crippen LogP) is 3.73. The summed E-state index contributed by atoms with van der Waals surface area (Å²) in [5.41, 5.74) is 0.814. The van der Waals surface area contributed by atoms with Crippen LogP contribution in [0, 0.1) is 0 Å². The van der Waals surface area contributed by atoms with Crippen LogP contribution in [0.3, 0.4) is 0 Å². The van der Waals surface area contributed by atoms with E-state index in [1.165, 1.54) is 18.3 Å². The third-order valence-electron chi connectivity index (χ3n) is 2.72. The Labute approximate surface area is 128 Å². The number of fused-ring (bicyclic) bond motifs is 1. The molecule has 0 fully saturated rings. The van der Waals surface area contributed by atoms with E-state index in [4.69, 9.17) is 16.0 Å². The Balaban J connectivity index is 1.92. The fourth-order valence-electron chi connectivity index (χ4n) is 1.84. The Morgan fingerprint density at radius 2 is 2.14 bits per heavy atom. The van der Waals surface area contributed by atoms with Gasteiger partial charge in [0, 0.05) is 22.7 Å². The first-order chi connectivity index (χ1) is 10.0. The zero-order chi connectivity index (χ0) is 15.0. The Kier molecular flexibility index (Phi) is 3.48. The fraction of sp³-hybridized carbons (Fsp3) is 0.0714. The molecule has 21 heavy (non-hydrogen) atoms. The molecule has 2 aromatic heterocycles. The van der Waals surface area contributed by atoms with Gasteiger partial charge in [0.15, 0.2) is 10.9 Å². The number of nitrogens with one attached hydrogen (secondary N) is 1. The lowest BCUT2D eigenvalue weighted by molar-refractivity contribution is -0.114. The zero-order valence-electron chi connectivity index (χ0n) is 10.8. The van der Waals surface area contributed by atoms with E-state index in [9.17, 15) is 9.59 Å². The van der Waals surface area contributed by atoms with Crippen molar-refractivity contribution in [1.82, 2.24) is 4.98 Å². The number of nitrogens with zero attached hydrogens (tertiary/aromatic N) is 1. The number of amides is 1. The molecule has 0 saturated carbocycles. The number of benzene rings is 1. The van der Waals surface area contributed by atoms with E-state index in [1.54, 1.807) is 29.6 Å². The number of thiazole rings is 1. The van der Waals surface area contributed by atoms with Crippen molar-refractivity contribution < 1.29 is 14.0 Å². The van der Waals surface area contributed by atoms with Crippen LogP contribution in [0.5, 0.6) is 0 Å². The van der Waals surface area contributed by atoms with Gasteiger partial charge in [-0.15, -0.1) is 11.3 Å². The second-order valence-electron chi connectivity index (χ2n) is 4.34. The highest BCUT2D eigenvalue weighted by atomic mass is 35.5. The van der Waals surface area contributed by atoms with Gasteiger partial charge >= 0.3 is 0 Å². The van der Waals surface area contributed by atoms with Crippen LogP contribution >= 0.6 is 22.9 Å². The zero-order valence-corrected chi connectivity index (χ0v) is 12.4. The molecule has 0 saturated heterocycles. The number of ketones is 1. The molecule has 0 aliphatic carbocycles. The normalized spacial score (nSPS) is 10.8. The van der Waals surface area contributed by atoms with E-state index in [-0.39, 0.29) is 23.1 Å². The van der Waals surface area contributed by atoms with Crippen LogP contribution in [0.15, 0.2) is 34.1 Å². The molecule has 3 aromatic rings. The molecule has 1 amide bonds. The van der Waals surface area contributed by atoms with E-state index in [0.29, 0.717) is 15.7 Å². The highest BCUT2D eigenvalue weighted by Crippen LogP contribution is 2.25. The molecule has 0 aliphatic heterocycles. The molecular weight excluding hydrogens is 312 g/mol. The van der Waals surface area contributed by atoms with E-state index < -0.39 is 0 Å². The van der Waals surface area contributed by atoms with Crippen LogP contribution in [0.1, 0.15) is 23.2 Å². The molecule has 0 aliphatic rings.